The fourth-order valence-electron chi connectivity index (χ4n) is 4.16. The molecule has 1 fully saturated rings. The summed E-state index contributed by atoms with van der Waals surface area (Å²) >= 11 is 0. The van der Waals surface area contributed by atoms with Crippen LogP contribution in [0.1, 0.15) is 47.9 Å². The summed E-state index contributed by atoms with van der Waals surface area (Å²) < 4.78 is 26.1. The zero-order valence-electron chi connectivity index (χ0n) is 19.4. The Balaban J connectivity index is 1.50. The Morgan fingerprint density at radius 2 is 1.78 bits per heavy atom. The number of sulfonamides is 1. The second-order valence-electron chi connectivity index (χ2n) is 8.81. The molecule has 1 aliphatic rings. The number of carbonyl (C=O) groups is 1. The summed E-state index contributed by atoms with van der Waals surface area (Å²) in [6, 6.07) is 14.1. The van der Waals surface area contributed by atoms with Gasteiger partial charge in [-0.2, -0.15) is 0 Å². The average molecular weight is 458 g/mol. The van der Waals surface area contributed by atoms with Crippen LogP contribution in [0.3, 0.4) is 0 Å². The summed E-state index contributed by atoms with van der Waals surface area (Å²) in [6.45, 7) is 7.89. The quantitative estimate of drug-likeness (QED) is 0.590. The van der Waals surface area contributed by atoms with Crippen molar-refractivity contribution in [3.8, 4) is 0 Å². The van der Waals surface area contributed by atoms with Crippen molar-refractivity contribution in [1.29, 1.82) is 0 Å². The van der Waals surface area contributed by atoms with E-state index in [1.54, 1.807) is 0 Å². The zero-order valence-corrected chi connectivity index (χ0v) is 20.2. The highest BCUT2D eigenvalue weighted by Gasteiger charge is 2.19. The van der Waals surface area contributed by atoms with E-state index < -0.39 is 10.0 Å². The molecule has 174 valence electrons. The van der Waals surface area contributed by atoms with Crippen molar-refractivity contribution in [1.82, 2.24) is 10.2 Å². The molecule has 1 heterocycles. The number of rotatable bonds is 10. The Hall–Kier alpha value is -2.38. The zero-order chi connectivity index (χ0) is 23.1. The van der Waals surface area contributed by atoms with E-state index in [-0.39, 0.29) is 18.9 Å². The van der Waals surface area contributed by atoms with Crippen LogP contribution in [0.2, 0.25) is 0 Å². The highest BCUT2D eigenvalue weighted by atomic mass is 32.2. The molecule has 6 nitrogen and oxygen atoms in total. The normalized spacial score (nSPS) is 14.5. The van der Waals surface area contributed by atoms with Gasteiger partial charge in [0.2, 0.25) is 15.9 Å². The standard InChI is InChI=1S/C25H35N3O3S/c1-20-11-12-21(2)24(16-20)28(32(3,30)31)15-7-10-25(29)26-18-22-8-6-9-23(17-22)19-27-13-4-5-14-27/h6,8-9,11-12,16-17H,4-5,7,10,13-15,18-19H2,1-3H3,(H,26,29). The van der Waals surface area contributed by atoms with Gasteiger partial charge >= 0.3 is 0 Å². The molecule has 2 aromatic carbocycles. The van der Waals surface area contributed by atoms with Gasteiger partial charge in [-0.3, -0.25) is 14.0 Å². The summed E-state index contributed by atoms with van der Waals surface area (Å²) in [6.07, 6.45) is 4.50. The monoisotopic (exact) mass is 457 g/mol. The van der Waals surface area contributed by atoms with E-state index in [1.165, 1.54) is 29.0 Å². The average Bonchev–Trinajstić information content (AvgIpc) is 3.24. The van der Waals surface area contributed by atoms with Crippen molar-refractivity contribution in [2.45, 2.75) is 52.6 Å². The molecular formula is C25H35N3O3S. The van der Waals surface area contributed by atoms with Crippen LogP contribution in [0.4, 0.5) is 5.69 Å². The van der Waals surface area contributed by atoms with E-state index in [9.17, 15) is 13.2 Å². The number of nitrogens with one attached hydrogen (secondary N) is 1. The fourth-order valence-corrected chi connectivity index (χ4v) is 5.18. The molecule has 0 unspecified atom stereocenters. The lowest BCUT2D eigenvalue weighted by Gasteiger charge is -2.24. The van der Waals surface area contributed by atoms with Crippen LogP contribution in [0, 0.1) is 13.8 Å². The summed E-state index contributed by atoms with van der Waals surface area (Å²) in [5.74, 6) is -0.0654. The number of benzene rings is 2. The summed E-state index contributed by atoms with van der Waals surface area (Å²) in [4.78, 5) is 14.8. The first-order valence-corrected chi connectivity index (χ1v) is 13.2. The number of likely N-dealkylation sites (tertiary alicyclic amines) is 1. The highest BCUT2D eigenvalue weighted by Crippen LogP contribution is 2.24. The maximum atomic E-state index is 12.4. The molecule has 7 heteroatoms. The number of nitrogens with zero attached hydrogens (tertiary/aromatic N) is 2. The number of carbonyl (C=O) groups excluding carboxylic acids is 1. The van der Waals surface area contributed by atoms with Crippen LogP contribution in [-0.4, -0.2) is 45.1 Å². The minimum absolute atomic E-state index is 0.0654. The summed E-state index contributed by atoms with van der Waals surface area (Å²) in [5, 5.41) is 2.97. The number of amides is 1. The van der Waals surface area contributed by atoms with E-state index in [0.29, 0.717) is 18.7 Å². The van der Waals surface area contributed by atoms with E-state index in [1.807, 2.05) is 44.2 Å². The van der Waals surface area contributed by atoms with Crippen molar-refractivity contribution in [3.63, 3.8) is 0 Å². The topological polar surface area (TPSA) is 69.7 Å². The van der Waals surface area contributed by atoms with Gasteiger partial charge in [0.05, 0.1) is 11.9 Å². The first-order valence-electron chi connectivity index (χ1n) is 11.3. The van der Waals surface area contributed by atoms with Gasteiger partial charge in [-0.1, -0.05) is 36.4 Å². The predicted molar refractivity (Wildman–Crippen MR) is 130 cm³/mol. The Bertz CT molecular complexity index is 1030. The molecule has 32 heavy (non-hydrogen) atoms. The Labute approximate surface area is 192 Å². The van der Waals surface area contributed by atoms with E-state index in [2.05, 4.69) is 22.3 Å². The van der Waals surface area contributed by atoms with E-state index in [4.69, 9.17) is 0 Å². The second-order valence-corrected chi connectivity index (χ2v) is 10.7. The molecule has 2 aromatic rings. The van der Waals surface area contributed by atoms with E-state index >= 15 is 0 Å². The van der Waals surface area contributed by atoms with Crippen LogP contribution >= 0.6 is 0 Å². The van der Waals surface area contributed by atoms with Gasteiger partial charge in [-0.25, -0.2) is 8.42 Å². The van der Waals surface area contributed by atoms with Crippen molar-refractivity contribution in [3.05, 3.63) is 64.7 Å². The van der Waals surface area contributed by atoms with Gasteiger partial charge in [0, 0.05) is 26.1 Å². The number of hydrogen-bond acceptors (Lipinski definition) is 4. The molecule has 1 amide bonds. The summed E-state index contributed by atoms with van der Waals surface area (Å²) in [7, 11) is -3.43. The summed E-state index contributed by atoms with van der Waals surface area (Å²) in [5.41, 5.74) is 4.95. The number of aryl methyl sites for hydroxylation is 2. The lowest BCUT2D eigenvalue weighted by Crippen LogP contribution is -2.32. The maximum Gasteiger partial charge on any atom is 0.232 e. The van der Waals surface area contributed by atoms with Crippen molar-refractivity contribution >= 4 is 21.6 Å². The highest BCUT2D eigenvalue weighted by molar-refractivity contribution is 7.92. The van der Waals surface area contributed by atoms with Gasteiger partial charge in [-0.05, 0) is 74.5 Å². The fraction of sp³-hybridized carbons (Fsp3) is 0.480. The van der Waals surface area contributed by atoms with Crippen molar-refractivity contribution in [2.24, 2.45) is 0 Å². The molecular weight excluding hydrogens is 422 g/mol. The Kier molecular flexibility index (Phi) is 8.32. The first kappa shape index (κ1) is 24.3. The second kappa shape index (κ2) is 11.0. The molecule has 0 atom stereocenters. The molecule has 0 saturated carbocycles. The van der Waals surface area contributed by atoms with Crippen LogP contribution in [0.25, 0.3) is 0 Å². The first-order chi connectivity index (χ1) is 15.2. The molecule has 0 radical (unpaired) electrons. The number of anilines is 1. The SMILES string of the molecule is Cc1ccc(C)c(N(CCCC(=O)NCc2cccc(CN3CCCC3)c2)S(C)(=O)=O)c1. The third-order valence-corrected chi connectivity index (χ3v) is 7.06. The van der Waals surface area contributed by atoms with Gasteiger partial charge in [-0.15, -0.1) is 0 Å². The largest absolute Gasteiger partial charge is 0.352 e. The minimum atomic E-state index is -3.43. The van der Waals surface area contributed by atoms with E-state index in [0.717, 1.165) is 36.3 Å². The third-order valence-electron chi connectivity index (χ3n) is 5.88. The number of hydrogen-bond donors (Lipinski definition) is 1. The molecule has 1 saturated heterocycles. The van der Waals surface area contributed by atoms with Gasteiger partial charge in [0.25, 0.3) is 0 Å². The van der Waals surface area contributed by atoms with Crippen LogP contribution in [0.15, 0.2) is 42.5 Å². The Morgan fingerprint density at radius 1 is 1.06 bits per heavy atom. The molecule has 3 rings (SSSR count). The Morgan fingerprint density at radius 3 is 2.50 bits per heavy atom. The molecule has 0 aliphatic carbocycles. The van der Waals surface area contributed by atoms with Gasteiger partial charge in [0.15, 0.2) is 0 Å². The minimum Gasteiger partial charge on any atom is -0.352 e. The maximum absolute atomic E-state index is 12.4. The lowest BCUT2D eigenvalue weighted by molar-refractivity contribution is -0.121. The lowest BCUT2D eigenvalue weighted by atomic mass is 10.1. The molecule has 1 N–H and O–H groups in total. The molecule has 0 aromatic heterocycles. The van der Waals surface area contributed by atoms with Gasteiger partial charge < -0.3 is 5.32 Å². The van der Waals surface area contributed by atoms with Crippen molar-refractivity contribution in [2.75, 3.05) is 30.2 Å². The predicted octanol–water partition coefficient (Wildman–Crippen LogP) is 3.76. The molecule has 1 aliphatic heterocycles. The van der Waals surface area contributed by atoms with Crippen LogP contribution < -0.4 is 9.62 Å². The van der Waals surface area contributed by atoms with Crippen LogP contribution in [-0.2, 0) is 27.9 Å². The van der Waals surface area contributed by atoms with Crippen LogP contribution in [0.5, 0.6) is 0 Å². The third kappa shape index (κ3) is 7.07. The van der Waals surface area contributed by atoms with Gasteiger partial charge in [0.1, 0.15) is 0 Å². The molecule has 0 bridgehead atoms. The molecule has 0 spiro atoms. The van der Waals surface area contributed by atoms with Crippen molar-refractivity contribution < 1.29 is 13.2 Å². The smallest absolute Gasteiger partial charge is 0.232 e.